The molecule has 0 bridgehead atoms. The van der Waals surface area contributed by atoms with Gasteiger partial charge in [-0.05, 0) is 36.4 Å². The molecule has 28 heavy (non-hydrogen) atoms. The van der Waals surface area contributed by atoms with Crippen molar-refractivity contribution in [1.29, 1.82) is 0 Å². The van der Waals surface area contributed by atoms with Crippen molar-refractivity contribution < 1.29 is 28.4 Å². The van der Waals surface area contributed by atoms with Crippen LogP contribution in [0.1, 0.15) is 23.2 Å². The predicted molar refractivity (Wildman–Crippen MR) is 97.7 cm³/mol. The Kier molecular flexibility index (Phi) is 7.16. The van der Waals surface area contributed by atoms with Crippen molar-refractivity contribution in [3.8, 4) is 0 Å². The smallest absolute Gasteiger partial charge is 0.306 e. The minimum Gasteiger partial charge on any atom is -0.456 e. The summed E-state index contributed by atoms with van der Waals surface area (Å²) in [4.78, 5) is 45.6. The monoisotopic (exact) mass is 408 g/mol. The summed E-state index contributed by atoms with van der Waals surface area (Å²) in [6.45, 7) is -0.677. The topological polar surface area (TPSA) is 116 Å². The molecule has 0 aliphatic heterocycles. The molecule has 8 nitrogen and oxygen atoms in total. The zero-order valence-electron chi connectivity index (χ0n) is 14.3. The number of nitro benzene ring substituents is 1. The number of ether oxygens (including phenoxy) is 1. The molecule has 0 atom stereocenters. The van der Waals surface area contributed by atoms with Crippen LogP contribution < -0.4 is 5.32 Å². The molecule has 0 heterocycles. The van der Waals surface area contributed by atoms with Gasteiger partial charge in [-0.15, -0.1) is 0 Å². The molecule has 0 radical (unpaired) electrons. The van der Waals surface area contributed by atoms with Crippen LogP contribution in [0.5, 0.6) is 0 Å². The molecule has 0 aliphatic carbocycles. The van der Waals surface area contributed by atoms with Gasteiger partial charge in [0, 0.05) is 23.1 Å². The number of anilines is 1. The minimum absolute atomic E-state index is 0.0954. The van der Waals surface area contributed by atoms with E-state index >= 15 is 0 Å². The van der Waals surface area contributed by atoms with Gasteiger partial charge in [0.2, 0.25) is 0 Å². The minimum atomic E-state index is -0.795. The number of benzene rings is 2. The Morgan fingerprint density at radius 3 is 2.43 bits per heavy atom. The first-order valence-corrected chi connectivity index (χ1v) is 8.32. The van der Waals surface area contributed by atoms with Gasteiger partial charge in [-0.3, -0.25) is 24.5 Å². The van der Waals surface area contributed by atoms with Gasteiger partial charge in [0.15, 0.2) is 12.4 Å². The molecule has 0 unspecified atom stereocenters. The van der Waals surface area contributed by atoms with Crippen molar-refractivity contribution in [1.82, 2.24) is 0 Å². The summed E-state index contributed by atoms with van der Waals surface area (Å²) in [6, 6.07) is 8.55. The summed E-state index contributed by atoms with van der Waals surface area (Å²) in [5.74, 6) is -2.44. The number of Topliss-reactive ketones (excluding diaryl/α,β-unsaturated/α-hetero) is 1. The van der Waals surface area contributed by atoms with Crippen LogP contribution in [-0.2, 0) is 14.3 Å². The number of hydrogen-bond acceptors (Lipinski definition) is 6. The van der Waals surface area contributed by atoms with Gasteiger partial charge in [-0.2, -0.15) is 0 Å². The Morgan fingerprint density at radius 2 is 1.79 bits per heavy atom. The van der Waals surface area contributed by atoms with E-state index in [1.54, 1.807) is 0 Å². The molecular formula is C18H14ClFN2O6. The van der Waals surface area contributed by atoms with Crippen LogP contribution in [0.15, 0.2) is 42.5 Å². The maximum atomic E-state index is 12.8. The quantitative estimate of drug-likeness (QED) is 0.309. The second-order valence-corrected chi connectivity index (χ2v) is 5.99. The lowest BCUT2D eigenvalue weighted by Crippen LogP contribution is -2.21. The Hall–Kier alpha value is -3.33. The third-order valence-corrected chi connectivity index (χ3v) is 3.75. The van der Waals surface area contributed by atoms with Gasteiger partial charge in [0.1, 0.15) is 11.5 Å². The number of ketones is 1. The summed E-state index contributed by atoms with van der Waals surface area (Å²) in [5.41, 5.74) is -0.249. The van der Waals surface area contributed by atoms with Gasteiger partial charge in [-0.1, -0.05) is 11.6 Å². The number of nitro groups is 1. The fraction of sp³-hybridized carbons (Fsp3) is 0.167. The maximum Gasteiger partial charge on any atom is 0.306 e. The molecule has 10 heteroatoms. The molecule has 0 saturated heterocycles. The number of amides is 1. The highest BCUT2D eigenvalue weighted by molar-refractivity contribution is 6.31. The second kappa shape index (κ2) is 9.56. The second-order valence-electron chi connectivity index (χ2n) is 5.56. The average molecular weight is 409 g/mol. The summed E-state index contributed by atoms with van der Waals surface area (Å²) >= 11 is 5.68. The standard InChI is InChI=1S/C18H14ClFN2O6/c19-12-3-6-14(15(9-12)22(26)27)21-17(24)10-28-18(25)8-7-16(23)11-1-4-13(20)5-2-11/h1-6,9H,7-8,10H2,(H,21,24). The molecule has 0 saturated carbocycles. The first kappa shape index (κ1) is 21.0. The van der Waals surface area contributed by atoms with E-state index < -0.39 is 34.9 Å². The van der Waals surface area contributed by atoms with Crippen LogP contribution in [0.25, 0.3) is 0 Å². The molecule has 2 rings (SSSR count). The van der Waals surface area contributed by atoms with Crippen LogP contribution in [0.2, 0.25) is 5.02 Å². The Morgan fingerprint density at radius 1 is 1.11 bits per heavy atom. The van der Waals surface area contributed by atoms with Crippen LogP contribution in [-0.4, -0.2) is 29.2 Å². The van der Waals surface area contributed by atoms with Crippen LogP contribution in [0.3, 0.4) is 0 Å². The normalized spacial score (nSPS) is 10.2. The molecule has 0 aromatic heterocycles. The Labute approximate surface area is 163 Å². The zero-order chi connectivity index (χ0) is 20.7. The molecule has 2 aromatic rings. The lowest BCUT2D eigenvalue weighted by Gasteiger charge is -2.07. The van der Waals surface area contributed by atoms with E-state index in [1.807, 2.05) is 0 Å². The molecule has 0 spiro atoms. The van der Waals surface area contributed by atoms with Gasteiger partial charge in [0.25, 0.3) is 11.6 Å². The number of nitrogens with zero attached hydrogens (tertiary/aromatic N) is 1. The van der Waals surface area contributed by atoms with Crippen molar-refractivity contribution in [2.45, 2.75) is 12.8 Å². The molecule has 146 valence electrons. The summed E-state index contributed by atoms with van der Waals surface area (Å²) < 4.78 is 17.6. The van der Waals surface area contributed by atoms with Gasteiger partial charge >= 0.3 is 5.97 Å². The maximum absolute atomic E-state index is 12.8. The highest BCUT2D eigenvalue weighted by Gasteiger charge is 2.17. The molecular weight excluding hydrogens is 395 g/mol. The highest BCUT2D eigenvalue weighted by Crippen LogP contribution is 2.27. The number of halogens is 2. The van der Waals surface area contributed by atoms with Crippen molar-refractivity contribution in [2.75, 3.05) is 11.9 Å². The van der Waals surface area contributed by atoms with Crippen LogP contribution in [0.4, 0.5) is 15.8 Å². The summed E-state index contributed by atoms with van der Waals surface area (Å²) in [6.07, 6.45) is -0.445. The van der Waals surface area contributed by atoms with E-state index in [9.17, 15) is 28.9 Å². The molecule has 1 N–H and O–H groups in total. The Bertz CT molecular complexity index is 917. The molecule has 0 aliphatic rings. The van der Waals surface area contributed by atoms with Crippen molar-refractivity contribution in [3.63, 3.8) is 0 Å². The van der Waals surface area contributed by atoms with Crippen LogP contribution in [0, 0.1) is 15.9 Å². The van der Waals surface area contributed by atoms with Gasteiger partial charge in [0.05, 0.1) is 11.3 Å². The molecule has 2 aromatic carbocycles. The fourth-order valence-electron chi connectivity index (χ4n) is 2.16. The first-order valence-electron chi connectivity index (χ1n) is 7.94. The first-order chi connectivity index (χ1) is 13.3. The number of nitrogens with one attached hydrogen (secondary N) is 1. The predicted octanol–water partition coefficient (Wildman–Crippen LogP) is 3.53. The van der Waals surface area contributed by atoms with E-state index in [-0.39, 0.29) is 34.9 Å². The van der Waals surface area contributed by atoms with Gasteiger partial charge in [-0.25, -0.2) is 4.39 Å². The largest absolute Gasteiger partial charge is 0.456 e. The number of hydrogen-bond donors (Lipinski definition) is 1. The van der Waals surface area contributed by atoms with Gasteiger partial charge < -0.3 is 10.1 Å². The number of esters is 1. The van der Waals surface area contributed by atoms with Crippen molar-refractivity contribution >= 4 is 40.6 Å². The lowest BCUT2D eigenvalue weighted by atomic mass is 10.1. The average Bonchev–Trinajstić information content (AvgIpc) is 2.66. The van der Waals surface area contributed by atoms with Crippen molar-refractivity contribution in [2.24, 2.45) is 0 Å². The molecule has 0 fully saturated rings. The summed E-state index contributed by atoms with van der Waals surface area (Å²) in [7, 11) is 0. The van der Waals surface area contributed by atoms with Crippen molar-refractivity contribution in [3.05, 3.63) is 69.0 Å². The highest BCUT2D eigenvalue weighted by atomic mass is 35.5. The lowest BCUT2D eigenvalue weighted by molar-refractivity contribution is -0.383. The van der Waals surface area contributed by atoms with E-state index in [1.165, 1.54) is 24.3 Å². The number of carbonyl (C=O) groups is 3. The third kappa shape index (κ3) is 6.13. The zero-order valence-corrected chi connectivity index (χ0v) is 15.1. The van der Waals surface area contributed by atoms with E-state index in [0.717, 1.165) is 18.2 Å². The Balaban J connectivity index is 1.81. The SMILES string of the molecule is O=C(COC(=O)CCC(=O)c1ccc(F)cc1)Nc1ccc(Cl)cc1[N+](=O)[O-]. The molecule has 1 amide bonds. The number of rotatable bonds is 8. The van der Waals surface area contributed by atoms with E-state index in [4.69, 9.17) is 16.3 Å². The van der Waals surface area contributed by atoms with E-state index in [2.05, 4.69) is 5.32 Å². The summed E-state index contributed by atoms with van der Waals surface area (Å²) in [5, 5.41) is 13.3. The number of carbonyl (C=O) groups excluding carboxylic acids is 3. The third-order valence-electron chi connectivity index (χ3n) is 3.52. The fourth-order valence-corrected chi connectivity index (χ4v) is 2.33. The van der Waals surface area contributed by atoms with Crippen LogP contribution >= 0.6 is 11.6 Å². The van der Waals surface area contributed by atoms with E-state index in [0.29, 0.717) is 0 Å².